The molecule has 0 aliphatic carbocycles. The molecule has 10 heteroatoms. The molecule has 0 bridgehead atoms. The van der Waals surface area contributed by atoms with Crippen molar-refractivity contribution in [2.45, 2.75) is 44.6 Å². The number of hydrogen-bond acceptors (Lipinski definition) is 6. The normalized spacial score (nSPS) is 18.8. The first kappa shape index (κ1) is 23.2. The Morgan fingerprint density at radius 3 is 2.38 bits per heavy atom. The Kier molecular flexibility index (Phi) is 6.90. The van der Waals surface area contributed by atoms with Gasteiger partial charge in [0.25, 0.3) is 5.91 Å². The van der Waals surface area contributed by atoms with Crippen molar-refractivity contribution in [1.29, 1.82) is 0 Å². The standard InChI is InChI=1S/C22H29ClN4O4S/c1-16-19(17(2)31-24-16)15-25-10-12-26(13-11-25)22(28)18-6-7-20(23)21(14-18)32(29,30)27-8-4-3-5-9-27/h6-7,14H,3-5,8-13,15H2,1-2H3. The maximum atomic E-state index is 13.1. The molecule has 0 saturated carbocycles. The van der Waals surface area contributed by atoms with Crippen molar-refractivity contribution in [3.63, 3.8) is 0 Å². The SMILES string of the molecule is Cc1noc(C)c1CN1CCN(C(=O)c2ccc(Cl)c(S(=O)(=O)N3CCCCC3)c2)CC1. The van der Waals surface area contributed by atoms with E-state index in [1.807, 2.05) is 13.8 Å². The number of aryl methyl sites for hydroxylation is 2. The fraction of sp³-hybridized carbons (Fsp3) is 0.545. The molecule has 32 heavy (non-hydrogen) atoms. The molecule has 8 nitrogen and oxygen atoms in total. The van der Waals surface area contributed by atoms with Crippen molar-refractivity contribution in [3.05, 3.63) is 45.8 Å². The third-order valence-corrected chi connectivity index (χ3v) is 8.71. The fourth-order valence-electron chi connectivity index (χ4n) is 4.32. The third kappa shape index (κ3) is 4.71. The second-order valence-corrected chi connectivity index (χ2v) is 10.8. The number of amides is 1. The predicted molar refractivity (Wildman–Crippen MR) is 121 cm³/mol. The lowest BCUT2D eigenvalue weighted by atomic mass is 10.1. The number of sulfonamides is 1. The van der Waals surface area contributed by atoms with Crippen LogP contribution in [0.15, 0.2) is 27.6 Å². The van der Waals surface area contributed by atoms with Gasteiger partial charge in [0.2, 0.25) is 10.0 Å². The summed E-state index contributed by atoms with van der Waals surface area (Å²) < 4.78 is 32.9. The number of benzene rings is 1. The summed E-state index contributed by atoms with van der Waals surface area (Å²) in [5.74, 6) is 0.651. The predicted octanol–water partition coefficient (Wildman–Crippen LogP) is 3.08. The molecule has 174 valence electrons. The second kappa shape index (κ2) is 9.51. The number of carbonyl (C=O) groups is 1. The molecule has 4 rings (SSSR count). The van der Waals surface area contributed by atoms with Crippen molar-refractivity contribution >= 4 is 27.5 Å². The molecule has 0 radical (unpaired) electrons. The van der Waals surface area contributed by atoms with Gasteiger partial charge in [0, 0.05) is 56.9 Å². The van der Waals surface area contributed by atoms with E-state index in [4.69, 9.17) is 16.1 Å². The van der Waals surface area contributed by atoms with Crippen LogP contribution < -0.4 is 0 Å². The number of hydrogen-bond donors (Lipinski definition) is 0. The highest BCUT2D eigenvalue weighted by molar-refractivity contribution is 7.89. The van der Waals surface area contributed by atoms with E-state index < -0.39 is 10.0 Å². The van der Waals surface area contributed by atoms with Crippen LogP contribution in [0.4, 0.5) is 0 Å². The zero-order chi connectivity index (χ0) is 22.9. The van der Waals surface area contributed by atoms with Crippen LogP contribution in [-0.2, 0) is 16.6 Å². The lowest BCUT2D eigenvalue weighted by molar-refractivity contribution is 0.0627. The number of carbonyl (C=O) groups excluding carboxylic acids is 1. The molecule has 2 aromatic rings. The van der Waals surface area contributed by atoms with Gasteiger partial charge in [-0.25, -0.2) is 8.42 Å². The van der Waals surface area contributed by atoms with Crippen LogP contribution >= 0.6 is 11.6 Å². The van der Waals surface area contributed by atoms with E-state index in [2.05, 4.69) is 10.1 Å². The Morgan fingerprint density at radius 2 is 1.75 bits per heavy atom. The van der Waals surface area contributed by atoms with E-state index in [0.29, 0.717) is 31.7 Å². The van der Waals surface area contributed by atoms with Crippen molar-refractivity contribution in [2.75, 3.05) is 39.3 Å². The lowest BCUT2D eigenvalue weighted by Crippen LogP contribution is -2.48. The molecule has 2 aliphatic rings. The van der Waals surface area contributed by atoms with Crippen LogP contribution in [0.5, 0.6) is 0 Å². The first-order valence-electron chi connectivity index (χ1n) is 11.0. The van der Waals surface area contributed by atoms with Gasteiger partial charge in [-0.2, -0.15) is 4.31 Å². The maximum absolute atomic E-state index is 13.1. The van der Waals surface area contributed by atoms with Gasteiger partial charge in [0.15, 0.2) is 0 Å². The summed E-state index contributed by atoms with van der Waals surface area (Å²) in [6.45, 7) is 8.14. The highest BCUT2D eigenvalue weighted by Crippen LogP contribution is 2.28. The molecule has 0 atom stereocenters. The van der Waals surface area contributed by atoms with Crippen LogP contribution in [0.25, 0.3) is 0 Å². The first-order valence-corrected chi connectivity index (χ1v) is 12.8. The minimum absolute atomic E-state index is 0.0176. The van der Waals surface area contributed by atoms with E-state index >= 15 is 0 Å². The highest BCUT2D eigenvalue weighted by Gasteiger charge is 2.30. The molecular weight excluding hydrogens is 452 g/mol. The smallest absolute Gasteiger partial charge is 0.253 e. The van der Waals surface area contributed by atoms with Crippen LogP contribution in [-0.4, -0.2) is 72.9 Å². The molecule has 1 amide bonds. The molecule has 3 heterocycles. The van der Waals surface area contributed by atoms with Gasteiger partial charge in [-0.1, -0.05) is 23.2 Å². The Balaban J connectivity index is 1.44. The molecule has 2 fully saturated rings. The molecule has 0 spiro atoms. The van der Waals surface area contributed by atoms with Gasteiger partial charge >= 0.3 is 0 Å². The van der Waals surface area contributed by atoms with Gasteiger partial charge < -0.3 is 9.42 Å². The Labute approximate surface area is 194 Å². The molecule has 0 N–H and O–H groups in total. The summed E-state index contributed by atoms with van der Waals surface area (Å²) in [6, 6.07) is 4.56. The second-order valence-electron chi connectivity index (χ2n) is 8.48. The van der Waals surface area contributed by atoms with Gasteiger partial charge in [-0.3, -0.25) is 9.69 Å². The molecule has 1 aromatic carbocycles. The van der Waals surface area contributed by atoms with E-state index in [1.165, 1.54) is 16.4 Å². The number of piperidine rings is 1. The fourth-order valence-corrected chi connectivity index (χ4v) is 6.34. The molecule has 2 saturated heterocycles. The summed E-state index contributed by atoms with van der Waals surface area (Å²) in [6.07, 6.45) is 2.71. The monoisotopic (exact) mass is 480 g/mol. The van der Waals surface area contributed by atoms with Crippen molar-refractivity contribution in [1.82, 2.24) is 19.3 Å². The first-order chi connectivity index (χ1) is 15.3. The molecular formula is C22H29ClN4O4S. The van der Waals surface area contributed by atoms with Crippen LogP contribution in [0.1, 0.15) is 46.6 Å². The van der Waals surface area contributed by atoms with Crippen LogP contribution in [0, 0.1) is 13.8 Å². The topological polar surface area (TPSA) is 87.0 Å². The lowest BCUT2D eigenvalue weighted by Gasteiger charge is -2.34. The van der Waals surface area contributed by atoms with Crippen LogP contribution in [0.2, 0.25) is 5.02 Å². The zero-order valence-electron chi connectivity index (χ0n) is 18.5. The summed E-state index contributed by atoms with van der Waals surface area (Å²) >= 11 is 6.25. The van der Waals surface area contributed by atoms with E-state index in [0.717, 1.165) is 55.9 Å². The zero-order valence-corrected chi connectivity index (χ0v) is 20.1. The largest absolute Gasteiger partial charge is 0.361 e. The summed E-state index contributed by atoms with van der Waals surface area (Å²) in [7, 11) is -3.72. The highest BCUT2D eigenvalue weighted by atomic mass is 35.5. The van der Waals surface area contributed by atoms with Gasteiger partial charge in [0.1, 0.15) is 10.7 Å². The minimum Gasteiger partial charge on any atom is -0.361 e. The average molecular weight is 481 g/mol. The maximum Gasteiger partial charge on any atom is 0.253 e. The number of nitrogens with zero attached hydrogens (tertiary/aromatic N) is 4. The van der Waals surface area contributed by atoms with Crippen LogP contribution in [0.3, 0.4) is 0 Å². The number of rotatable bonds is 5. The van der Waals surface area contributed by atoms with Gasteiger partial charge in [-0.05, 0) is 44.9 Å². The van der Waals surface area contributed by atoms with Gasteiger partial charge in [-0.15, -0.1) is 0 Å². The number of aromatic nitrogens is 1. The summed E-state index contributed by atoms with van der Waals surface area (Å²) in [4.78, 5) is 17.2. The Morgan fingerprint density at radius 1 is 1.06 bits per heavy atom. The summed E-state index contributed by atoms with van der Waals surface area (Å²) in [5.41, 5.74) is 2.34. The van der Waals surface area contributed by atoms with E-state index in [9.17, 15) is 13.2 Å². The van der Waals surface area contributed by atoms with E-state index in [-0.39, 0.29) is 15.8 Å². The quantitative estimate of drug-likeness (QED) is 0.653. The number of piperazine rings is 1. The van der Waals surface area contributed by atoms with Gasteiger partial charge in [0.05, 0.1) is 10.7 Å². The molecule has 1 aromatic heterocycles. The summed E-state index contributed by atoms with van der Waals surface area (Å²) in [5, 5.41) is 4.15. The third-order valence-electron chi connectivity index (χ3n) is 6.33. The van der Waals surface area contributed by atoms with Crippen molar-refractivity contribution in [2.24, 2.45) is 0 Å². The Hall–Kier alpha value is -1.94. The van der Waals surface area contributed by atoms with E-state index in [1.54, 1.807) is 11.0 Å². The van der Waals surface area contributed by atoms with Crippen molar-refractivity contribution in [3.8, 4) is 0 Å². The molecule has 2 aliphatic heterocycles. The molecule has 0 unspecified atom stereocenters. The van der Waals surface area contributed by atoms with Crippen molar-refractivity contribution < 1.29 is 17.7 Å². The number of halogens is 1. The Bertz CT molecular complexity index is 1070. The minimum atomic E-state index is -3.72. The average Bonchev–Trinajstić information content (AvgIpc) is 3.12.